The summed E-state index contributed by atoms with van der Waals surface area (Å²) < 4.78 is 30.1. The van der Waals surface area contributed by atoms with E-state index in [1.54, 1.807) is 30.3 Å². The molecule has 0 aliphatic carbocycles. The molecule has 4 aromatic rings. The molecule has 1 aliphatic rings. The number of nitrogens with one attached hydrogen (secondary N) is 1. The van der Waals surface area contributed by atoms with Crippen molar-refractivity contribution < 1.29 is 13.2 Å². The first-order valence-corrected chi connectivity index (χ1v) is 13.4. The molecule has 2 heterocycles. The van der Waals surface area contributed by atoms with E-state index in [1.807, 2.05) is 59.5 Å². The summed E-state index contributed by atoms with van der Waals surface area (Å²) in [5.41, 5.74) is 2.95. The second-order valence-corrected chi connectivity index (χ2v) is 10.5. The van der Waals surface area contributed by atoms with Crippen molar-refractivity contribution in [1.82, 2.24) is 19.2 Å². The van der Waals surface area contributed by atoms with E-state index in [4.69, 9.17) is 4.98 Å². The molecule has 0 bridgehead atoms. The standard InChI is InChI=1S/C27H28N4O3S/c32-27(30-19-17-21(18-20-30)29-35(33,34)23-11-5-2-6-12-23)16-15-26-28-24-13-7-8-14-25(24)31(26)22-9-3-1-4-10-22/h1-14,21,29H,15-20H2. The van der Waals surface area contributed by atoms with Crippen LogP contribution in [0.5, 0.6) is 0 Å². The zero-order valence-corrected chi connectivity index (χ0v) is 20.2. The summed E-state index contributed by atoms with van der Waals surface area (Å²) in [7, 11) is -3.55. The highest BCUT2D eigenvalue weighted by molar-refractivity contribution is 7.89. The van der Waals surface area contributed by atoms with Crippen LogP contribution in [-0.4, -0.2) is 47.9 Å². The van der Waals surface area contributed by atoms with Crippen LogP contribution < -0.4 is 4.72 Å². The lowest BCUT2D eigenvalue weighted by molar-refractivity contribution is -0.132. The van der Waals surface area contributed by atoms with Gasteiger partial charge in [-0.25, -0.2) is 18.1 Å². The van der Waals surface area contributed by atoms with Crippen molar-refractivity contribution in [2.24, 2.45) is 0 Å². The number of carbonyl (C=O) groups is 1. The number of para-hydroxylation sites is 3. The number of sulfonamides is 1. The van der Waals surface area contributed by atoms with Gasteiger partial charge in [0.1, 0.15) is 5.82 Å². The monoisotopic (exact) mass is 488 g/mol. The molecule has 35 heavy (non-hydrogen) atoms. The van der Waals surface area contributed by atoms with Crippen LogP contribution in [0.4, 0.5) is 0 Å². The summed E-state index contributed by atoms with van der Waals surface area (Å²) in [4.78, 5) is 19.9. The summed E-state index contributed by atoms with van der Waals surface area (Å²) in [5, 5.41) is 0. The Kier molecular flexibility index (Phi) is 6.66. The van der Waals surface area contributed by atoms with E-state index in [1.165, 1.54) is 0 Å². The number of piperidine rings is 1. The second kappa shape index (κ2) is 10.0. The Morgan fingerprint density at radius 3 is 2.23 bits per heavy atom. The van der Waals surface area contributed by atoms with Crippen LogP contribution in [0.1, 0.15) is 25.1 Å². The van der Waals surface area contributed by atoms with Gasteiger partial charge in [0.2, 0.25) is 15.9 Å². The number of aromatic nitrogens is 2. The topological polar surface area (TPSA) is 84.3 Å². The fourth-order valence-electron chi connectivity index (χ4n) is 4.62. The molecule has 0 unspecified atom stereocenters. The Bertz CT molecular complexity index is 1410. The maximum absolute atomic E-state index is 13.0. The maximum atomic E-state index is 13.0. The fraction of sp³-hybridized carbons (Fsp3) is 0.259. The van der Waals surface area contributed by atoms with Gasteiger partial charge < -0.3 is 4.90 Å². The molecule has 0 saturated carbocycles. The number of nitrogens with zero attached hydrogens (tertiary/aromatic N) is 3. The van der Waals surface area contributed by atoms with Gasteiger partial charge >= 0.3 is 0 Å². The van der Waals surface area contributed by atoms with Gasteiger partial charge in [-0.15, -0.1) is 0 Å². The van der Waals surface area contributed by atoms with Crippen molar-refractivity contribution in [3.63, 3.8) is 0 Å². The largest absolute Gasteiger partial charge is 0.343 e. The van der Waals surface area contributed by atoms with Gasteiger partial charge in [-0.3, -0.25) is 9.36 Å². The van der Waals surface area contributed by atoms with Crippen LogP contribution >= 0.6 is 0 Å². The SMILES string of the molecule is O=C(CCc1nc2ccccc2n1-c1ccccc1)N1CCC(NS(=O)(=O)c2ccccc2)CC1. The minimum Gasteiger partial charge on any atom is -0.343 e. The average molecular weight is 489 g/mol. The molecule has 8 heteroatoms. The van der Waals surface area contributed by atoms with Gasteiger partial charge in [-0.1, -0.05) is 48.5 Å². The Morgan fingerprint density at radius 2 is 1.51 bits per heavy atom. The van der Waals surface area contributed by atoms with E-state index >= 15 is 0 Å². The van der Waals surface area contributed by atoms with Crippen LogP contribution in [-0.2, 0) is 21.2 Å². The molecule has 5 rings (SSSR count). The van der Waals surface area contributed by atoms with Gasteiger partial charge in [0, 0.05) is 37.7 Å². The lowest BCUT2D eigenvalue weighted by Gasteiger charge is -2.32. The first-order chi connectivity index (χ1) is 17.0. The molecule has 1 saturated heterocycles. The predicted octanol–water partition coefficient (Wildman–Crippen LogP) is 3.93. The van der Waals surface area contributed by atoms with E-state index < -0.39 is 10.0 Å². The van der Waals surface area contributed by atoms with E-state index in [-0.39, 0.29) is 16.8 Å². The maximum Gasteiger partial charge on any atom is 0.240 e. The highest BCUT2D eigenvalue weighted by Crippen LogP contribution is 2.23. The molecule has 1 amide bonds. The van der Waals surface area contributed by atoms with Crippen LogP contribution in [0.2, 0.25) is 0 Å². The Balaban J connectivity index is 1.21. The molecule has 0 atom stereocenters. The normalized spacial score (nSPS) is 14.9. The van der Waals surface area contributed by atoms with Crippen LogP contribution in [0.25, 0.3) is 16.7 Å². The van der Waals surface area contributed by atoms with Crippen LogP contribution in [0.3, 0.4) is 0 Å². The summed E-state index contributed by atoms with van der Waals surface area (Å²) >= 11 is 0. The number of carbonyl (C=O) groups excluding carboxylic acids is 1. The van der Waals surface area contributed by atoms with Gasteiger partial charge in [0.15, 0.2) is 0 Å². The zero-order valence-electron chi connectivity index (χ0n) is 19.4. The lowest BCUT2D eigenvalue weighted by Crippen LogP contribution is -2.46. The number of imidazole rings is 1. The highest BCUT2D eigenvalue weighted by atomic mass is 32.2. The molecule has 0 radical (unpaired) electrons. The second-order valence-electron chi connectivity index (χ2n) is 8.78. The average Bonchev–Trinajstić information content (AvgIpc) is 3.27. The number of amides is 1. The number of rotatable bonds is 7. The summed E-state index contributed by atoms with van der Waals surface area (Å²) in [5.74, 6) is 0.928. The minimum atomic E-state index is -3.55. The fourth-order valence-corrected chi connectivity index (χ4v) is 5.95. The van der Waals surface area contributed by atoms with Crippen molar-refractivity contribution in [2.45, 2.75) is 36.6 Å². The van der Waals surface area contributed by atoms with Crippen molar-refractivity contribution in [2.75, 3.05) is 13.1 Å². The van der Waals surface area contributed by atoms with E-state index in [9.17, 15) is 13.2 Å². The number of fused-ring (bicyclic) bond motifs is 1. The Morgan fingerprint density at radius 1 is 0.886 bits per heavy atom. The van der Waals surface area contributed by atoms with Gasteiger partial charge in [0.25, 0.3) is 0 Å². The summed E-state index contributed by atoms with van der Waals surface area (Å²) in [6, 6.07) is 26.3. The molecule has 1 aliphatic heterocycles. The molecule has 1 aromatic heterocycles. The van der Waals surface area contributed by atoms with E-state index in [2.05, 4.69) is 9.29 Å². The van der Waals surface area contributed by atoms with E-state index in [0.29, 0.717) is 38.8 Å². The third kappa shape index (κ3) is 5.13. The lowest BCUT2D eigenvalue weighted by atomic mass is 10.1. The molecular formula is C27H28N4O3S. The molecule has 180 valence electrons. The molecule has 1 N–H and O–H groups in total. The summed E-state index contributed by atoms with van der Waals surface area (Å²) in [6.45, 7) is 1.08. The molecule has 0 spiro atoms. The van der Waals surface area contributed by atoms with Crippen LogP contribution in [0, 0.1) is 0 Å². The zero-order chi connectivity index (χ0) is 24.3. The predicted molar refractivity (Wildman–Crippen MR) is 136 cm³/mol. The highest BCUT2D eigenvalue weighted by Gasteiger charge is 2.27. The molecular weight excluding hydrogens is 460 g/mol. The van der Waals surface area contributed by atoms with Gasteiger partial charge in [-0.05, 0) is 49.2 Å². The molecule has 7 nitrogen and oxygen atoms in total. The number of hydrogen-bond acceptors (Lipinski definition) is 4. The van der Waals surface area contributed by atoms with Crippen LogP contribution in [0.15, 0.2) is 89.8 Å². The van der Waals surface area contributed by atoms with Crippen molar-refractivity contribution in [3.05, 3.63) is 90.8 Å². The quantitative estimate of drug-likeness (QED) is 0.427. The third-order valence-electron chi connectivity index (χ3n) is 6.43. The third-order valence-corrected chi connectivity index (χ3v) is 7.97. The Labute approximate surface area is 205 Å². The van der Waals surface area contributed by atoms with Crippen molar-refractivity contribution in [3.8, 4) is 5.69 Å². The van der Waals surface area contributed by atoms with Crippen molar-refractivity contribution >= 4 is 27.0 Å². The number of aryl methyl sites for hydroxylation is 1. The Hall–Kier alpha value is -3.49. The van der Waals surface area contributed by atoms with Gasteiger partial charge in [0.05, 0.1) is 15.9 Å². The smallest absolute Gasteiger partial charge is 0.240 e. The first-order valence-electron chi connectivity index (χ1n) is 11.9. The molecule has 1 fully saturated rings. The van der Waals surface area contributed by atoms with Crippen molar-refractivity contribution in [1.29, 1.82) is 0 Å². The summed E-state index contributed by atoms with van der Waals surface area (Å²) in [6.07, 6.45) is 2.08. The van der Waals surface area contributed by atoms with Gasteiger partial charge in [-0.2, -0.15) is 0 Å². The molecule has 3 aromatic carbocycles. The number of benzene rings is 3. The number of likely N-dealkylation sites (tertiary alicyclic amines) is 1. The first kappa shape index (κ1) is 23.3. The van der Waals surface area contributed by atoms with E-state index in [0.717, 1.165) is 22.5 Å². The number of hydrogen-bond donors (Lipinski definition) is 1. The minimum absolute atomic E-state index is 0.0704.